The minimum Gasteiger partial charge on any atom is -0.385 e. The van der Waals surface area contributed by atoms with Gasteiger partial charge >= 0.3 is 0 Å². The quantitative estimate of drug-likeness (QED) is 0.654. The van der Waals surface area contributed by atoms with Crippen molar-refractivity contribution in [3.63, 3.8) is 0 Å². The van der Waals surface area contributed by atoms with E-state index in [1.165, 1.54) is 0 Å². The van der Waals surface area contributed by atoms with Gasteiger partial charge in [-0.2, -0.15) is 0 Å². The lowest BCUT2D eigenvalue weighted by atomic mass is 9.94. The van der Waals surface area contributed by atoms with Crippen LogP contribution in [0.1, 0.15) is 33.1 Å². The van der Waals surface area contributed by atoms with E-state index in [9.17, 15) is 0 Å². The topological polar surface area (TPSA) is 44.5 Å². The van der Waals surface area contributed by atoms with Gasteiger partial charge in [0.25, 0.3) is 0 Å². The van der Waals surface area contributed by atoms with Crippen LogP contribution in [0.4, 0.5) is 0 Å². The molecule has 0 aliphatic carbocycles. The average molecular weight is 203 g/mol. The van der Waals surface area contributed by atoms with E-state index < -0.39 is 0 Å². The molecule has 0 rings (SSSR count). The van der Waals surface area contributed by atoms with Crippen molar-refractivity contribution in [2.24, 2.45) is 11.7 Å². The van der Waals surface area contributed by atoms with Gasteiger partial charge in [-0.05, 0) is 32.1 Å². The Morgan fingerprint density at radius 1 is 1.07 bits per heavy atom. The molecule has 0 aliphatic rings. The molecule has 0 heterocycles. The number of methoxy groups -OCH3 is 2. The molecule has 0 aromatic carbocycles. The first-order valence-corrected chi connectivity index (χ1v) is 5.39. The summed E-state index contributed by atoms with van der Waals surface area (Å²) in [6, 6.07) is 0.266. The Kier molecular flexibility index (Phi) is 8.14. The van der Waals surface area contributed by atoms with E-state index in [2.05, 4.69) is 13.8 Å². The Labute approximate surface area is 88.0 Å². The molecule has 0 aromatic rings. The van der Waals surface area contributed by atoms with Crippen molar-refractivity contribution < 1.29 is 9.47 Å². The molecule has 14 heavy (non-hydrogen) atoms. The third-order valence-corrected chi connectivity index (χ3v) is 2.82. The summed E-state index contributed by atoms with van der Waals surface area (Å²) >= 11 is 0. The summed E-state index contributed by atoms with van der Waals surface area (Å²) in [6.07, 6.45) is 3.42. The molecule has 0 amide bonds. The molecule has 0 aliphatic heterocycles. The van der Waals surface area contributed by atoms with Crippen molar-refractivity contribution in [2.45, 2.75) is 45.3 Å². The van der Waals surface area contributed by atoms with Crippen LogP contribution in [0.2, 0.25) is 0 Å². The van der Waals surface area contributed by atoms with Crippen LogP contribution < -0.4 is 5.73 Å². The summed E-state index contributed by atoms with van der Waals surface area (Å²) in [6.45, 7) is 5.06. The van der Waals surface area contributed by atoms with Gasteiger partial charge in [0.15, 0.2) is 0 Å². The number of hydrogen-bond donors (Lipinski definition) is 1. The second-order valence-corrected chi connectivity index (χ2v) is 4.05. The van der Waals surface area contributed by atoms with Gasteiger partial charge in [0.05, 0.1) is 6.10 Å². The van der Waals surface area contributed by atoms with E-state index in [1.807, 2.05) is 0 Å². The molecule has 0 aromatic heterocycles. The van der Waals surface area contributed by atoms with Crippen molar-refractivity contribution >= 4 is 0 Å². The van der Waals surface area contributed by atoms with Gasteiger partial charge < -0.3 is 15.2 Å². The molecular formula is C11H25NO2. The summed E-state index contributed by atoms with van der Waals surface area (Å²) < 4.78 is 10.2. The molecule has 3 heteroatoms. The zero-order chi connectivity index (χ0) is 11.0. The lowest BCUT2D eigenvalue weighted by Gasteiger charge is -2.20. The number of rotatable bonds is 8. The highest BCUT2D eigenvalue weighted by Gasteiger charge is 2.13. The van der Waals surface area contributed by atoms with Gasteiger partial charge in [0.1, 0.15) is 0 Å². The molecule has 0 saturated carbocycles. The van der Waals surface area contributed by atoms with E-state index in [4.69, 9.17) is 15.2 Å². The van der Waals surface area contributed by atoms with Gasteiger partial charge in [-0.15, -0.1) is 0 Å². The van der Waals surface area contributed by atoms with Crippen molar-refractivity contribution in [3.05, 3.63) is 0 Å². The summed E-state index contributed by atoms with van der Waals surface area (Å²) in [5, 5.41) is 0. The van der Waals surface area contributed by atoms with Crippen molar-refractivity contribution in [1.29, 1.82) is 0 Å². The third kappa shape index (κ3) is 6.35. The van der Waals surface area contributed by atoms with Crippen molar-refractivity contribution in [3.8, 4) is 0 Å². The molecule has 86 valence electrons. The van der Waals surface area contributed by atoms with E-state index in [-0.39, 0.29) is 6.04 Å². The lowest BCUT2D eigenvalue weighted by Crippen LogP contribution is -2.30. The molecule has 2 N–H and O–H groups in total. The Hall–Kier alpha value is -0.120. The maximum absolute atomic E-state index is 6.05. The molecular weight excluding hydrogens is 178 g/mol. The highest BCUT2D eigenvalue weighted by atomic mass is 16.5. The Balaban J connectivity index is 3.55. The number of ether oxygens (including phenoxy) is 2. The third-order valence-electron chi connectivity index (χ3n) is 2.82. The van der Waals surface area contributed by atoms with Crippen molar-refractivity contribution in [2.75, 3.05) is 20.8 Å². The van der Waals surface area contributed by atoms with Gasteiger partial charge in [-0.1, -0.05) is 6.92 Å². The first kappa shape index (κ1) is 13.9. The summed E-state index contributed by atoms with van der Waals surface area (Å²) in [5.74, 6) is 0.527. The average Bonchev–Trinajstić information content (AvgIpc) is 2.21. The van der Waals surface area contributed by atoms with E-state index in [0.29, 0.717) is 12.0 Å². The zero-order valence-corrected chi connectivity index (χ0v) is 9.95. The largest absolute Gasteiger partial charge is 0.385 e. The van der Waals surface area contributed by atoms with Crippen LogP contribution in [0.3, 0.4) is 0 Å². The smallest absolute Gasteiger partial charge is 0.0543 e. The second kappa shape index (κ2) is 8.21. The fourth-order valence-corrected chi connectivity index (χ4v) is 1.35. The van der Waals surface area contributed by atoms with E-state index in [1.54, 1.807) is 14.2 Å². The fraction of sp³-hybridized carbons (Fsp3) is 1.00. The van der Waals surface area contributed by atoms with Gasteiger partial charge in [0, 0.05) is 26.9 Å². The van der Waals surface area contributed by atoms with Crippen LogP contribution in [0.15, 0.2) is 0 Å². The normalized spacial score (nSPS) is 17.8. The predicted molar refractivity (Wildman–Crippen MR) is 59.3 cm³/mol. The molecule has 3 nitrogen and oxygen atoms in total. The van der Waals surface area contributed by atoms with Crippen LogP contribution in [-0.4, -0.2) is 33.0 Å². The molecule has 0 spiro atoms. The Morgan fingerprint density at radius 3 is 2.21 bits per heavy atom. The summed E-state index contributed by atoms with van der Waals surface area (Å²) in [5.41, 5.74) is 6.05. The first-order valence-electron chi connectivity index (χ1n) is 5.39. The van der Waals surface area contributed by atoms with E-state index >= 15 is 0 Å². The molecule has 3 atom stereocenters. The maximum Gasteiger partial charge on any atom is 0.0543 e. The molecule has 0 bridgehead atoms. The van der Waals surface area contributed by atoms with Crippen LogP contribution in [-0.2, 0) is 9.47 Å². The monoisotopic (exact) mass is 203 g/mol. The Morgan fingerprint density at radius 2 is 1.71 bits per heavy atom. The minimum atomic E-state index is 0.266. The minimum absolute atomic E-state index is 0.266. The highest BCUT2D eigenvalue weighted by molar-refractivity contribution is 4.70. The lowest BCUT2D eigenvalue weighted by molar-refractivity contribution is 0.104. The summed E-state index contributed by atoms with van der Waals surface area (Å²) in [7, 11) is 3.47. The molecule has 0 radical (unpaired) electrons. The van der Waals surface area contributed by atoms with Crippen LogP contribution >= 0.6 is 0 Å². The molecule has 3 unspecified atom stereocenters. The highest BCUT2D eigenvalue weighted by Crippen LogP contribution is 2.13. The zero-order valence-electron chi connectivity index (χ0n) is 9.95. The van der Waals surface area contributed by atoms with Crippen molar-refractivity contribution in [1.82, 2.24) is 0 Å². The Bertz CT molecular complexity index is 130. The predicted octanol–water partition coefficient (Wildman–Crippen LogP) is 1.80. The standard InChI is InChI=1S/C11H25NO2/c1-9(7-8-13-3)11(12)6-5-10(2)14-4/h9-11H,5-8,12H2,1-4H3. The molecule has 0 saturated heterocycles. The maximum atomic E-state index is 6.05. The van der Waals surface area contributed by atoms with Crippen LogP contribution in [0.5, 0.6) is 0 Å². The number of nitrogens with two attached hydrogens (primary N) is 1. The number of hydrogen-bond acceptors (Lipinski definition) is 3. The van der Waals surface area contributed by atoms with Crippen LogP contribution in [0.25, 0.3) is 0 Å². The summed E-state index contributed by atoms with van der Waals surface area (Å²) in [4.78, 5) is 0. The first-order chi connectivity index (χ1) is 6.61. The van der Waals surface area contributed by atoms with E-state index in [0.717, 1.165) is 25.9 Å². The van der Waals surface area contributed by atoms with Gasteiger partial charge in [-0.3, -0.25) is 0 Å². The van der Waals surface area contributed by atoms with Crippen LogP contribution in [0, 0.1) is 5.92 Å². The fourth-order valence-electron chi connectivity index (χ4n) is 1.35. The van der Waals surface area contributed by atoms with Gasteiger partial charge in [-0.25, -0.2) is 0 Å². The molecule has 0 fully saturated rings. The SMILES string of the molecule is COCCC(C)C(N)CCC(C)OC. The second-order valence-electron chi connectivity index (χ2n) is 4.05. The van der Waals surface area contributed by atoms with Gasteiger partial charge in [0.2, 0.25) is 0 Å².